The first-order valence-corrected chi connectivity index (χ1v) is 10.8. The summed E-state index contributed by atoms with van der Waals surface area (Å²) in [7, 11) is 1.64. The van der Waals surface area contributed by atoms with Gasteiger partial charge in [-0.1, -0.05) is 29.5 Å². The number of methoxy groups -OCH3 is 1. The molecule has 0 atom stereocenters. The predicted octanol–water partition coefficient (Wildman–Crippen LogP) is 4.24. The SMILES string of the molecule is COc1ccc(CCNC(=O)N2CCC(Oc3nc4c(F)cccc4s3)CC2)cc1. The zero-order chi connectivity index (χ0) is 20.9. The predicted molar refractivity (Wildman–Crippen MR) is 115 cm³/mol. The zero-order valence-electron chi connectivity index (χ0n) is 16.8. The maximum absolute atomic E-state index is 13.8. The molecule has 1 aliphatic heterocycles. The second kappa shape index (κ2) is 9.30. The van der Waals surface area contributed by atoms with Gasteiger partial charge in [-0.3, -0.25) is 0 Å². The van der Waals surface area contributed by atoms with E-state index in [0.29, 0.717) is 30.3 Å². The van der Waals surface area contributed by atoms with Gasteiger partial charge in [-0.15, -0.1) is 0 Å². The van der Waals surface area contributed by atoms with Gasteiger partial charge in [0.2, 0.25) is 0 Å². The van der Waals surface area contributed by atoms with Crippen LogP contribution in [-0.2, 0) is 6.42 Å². The molecule has 2 aromatic carbocycles. The van der Waals surface area contributed by atoms with Crippen molar-refractivity contribution in [1.82, 2.24) is 15.2 Å². The molecule has 1 N–H and O–H groups in total. The van der Waals surface area contributed by atoms with E-state index in [-0.39, 0.29) is 18.0 Å². The standard InChI is InChI=1S/C22H24FN3O3S/c1-28-16-7-5-15(6-8-16)9-12-24-21(27)26-13-10-17(11-14-26)29-22-25-20-18(23)3-2-4-19(20)30-22/h2-8,17H,9-14H2,1H3,(H,24,27). The molecule has 0 radical (unpaired) electrons. The first-order chi connectivity index (χ1) is 14.6. The lowest BCUT2D eigenvalue weighted by Gasteiger charge is -2.31. The first-order valence-electron chi connectivity index (χ1n) is 10.00. The van der Waals surface area contributed by atoms with E-state index in [2.05, 4.69) is 10.3 Å². The van der Waals surface area contributed by atoms with E-state index < -0.39 is 0 Å². The van der Waals surface area contributed by atoms with E-state index in [4.69, 9.17) is 9.47 Å². The Hall–Kier alpha value is -2.87. The first kappa shape index (κ1) is 20.4. The highest BCUT2D eigenvalue weighted by molar-refractivity contribution is 7.20. The number of rotatable bonds is 6. The van der Waals surface area contributed by atoms with Crippen molar-refractivity contribution in [3.63, 3.8) is 0 Å². The van der Waals surface area contributed by atoms with Crippen LogP contribution < -0.4 is 14.8 Å². The summed E-state index contributed by atoms with van der Waals surface area (Å²) in [6.45, 7) is 1.83. The van der Waals surface area contributed by atoms with E-state index in [1.165, 1.54) is 17.4 Å². The molecule has 1 aliphatic rings. The summed E-state index contributed by atoms with van der Waals surface area (Å²) in [5.41, 5.74) is 1.50. The maximum atomic E-state index is 13.8. The van der Waals surface area contributed by atoms with Crippen molar-refractivity contribution < 1.29 is 18.7 Å². The van der Waals surface area contributed by atoms with Gasteiger partial charge in [-0.25, -0.2) is 9.18 Å². The molecule has 6 nitrogen and oxygen atoms in total. The minimum Gasteiger partial charge on any atom is -0.497 e. The van der Waals surface area contributed by atoms with Crippen molar-refractivity contribution in [3.8, 4) is 10.9 Å². The van der Waals surface area contributed by atoms with E-state index in [0.717, 1.165) is 35.3 Å². The molecule has 2 amide bonds. The Morgan fingerprint density at radius 2 is 2.00 bits per heavy atom. The quantitative estimate of drug-likeness (QED) is 0.637. The largest absolute Gasteiger partial charge is 0.497 e. The van der Waals surface area contributed by atoms with Crippen LogP contribution in [0.2, 0.25) is 0 Å². The van der Waals surface area contributed by atoms with Gasteiger partial charge in [0.15, 0.2) is 0 Å². The van der Waals surface area contributed by atoms with Gasteiger partial charge in [0.25, 0.3) is 5.19 Å². The normalized spacial score (nSPS) is 14.7. The molecule has 158 valence electrons. The minimum atomic E-state index is -0.334. The van der Waals surface area contributed by atoms with Crippen molar-refractivity contribution in [3.05, 3.63) is 53.8 Å². The Labute approximate surface area is 178 Å². The van der Waals surface area contributed by atoms with Crippen molar-refractivity contribution >= 4 is 27.6 Å². The number of nitrogens with one attached hydrogen (secondary N) is 1. The number of carbonyl (C=O) groups is 1. The smallest absolute Gasteiger partial charge is 0.317 e. The number of urea groups is 1. The number of para-hydroxylation sites is 1. The summed E-state index contributed by atoms with van der Waals surface area (Å²) in [5.74, 6) is 0.489. The van der Waals surface area contributed by atoms with Gasteiger partial charge < -0.3 is 19.7 Å². The molecule has 3 aromatic rings. The highest BCUT2D eigenvalue weighted by Gasteiger charge is 2.24. The van der Waals surface area contributed by atoms with Crippen molar-refractivity contribution in [2.75, 3.05) is 26.7 Å². The number of likely N-dealkylation sites (tertiary alicyclic amines) is 1. The third kappa shape index (κ3) is 4.81. The van der Waals surface area contributed by atoms with Crippen molar-refractivity contribution in [1.29, 1.82) is 0 Å². The number of hydrogen-bond acceptors (Lipinski definition) is 5. The third-order valence-corrected chi connectivity index (χ3v) is 6.11. The molecular weight excluding hydrogens is 405 g/mol. The number of aromatic nitrogens is 1. The average Bonchev–Trinajstić information content (AvgIpc) is 3.18. The van der Waals surface area contributed by atoms with Crippen LogP contribution in [0, 0.1) is 5.82 Å². The van der Waals surface area contributed by atoms with Crippen LogP contribution in [0.5, 0.6) is 10.9 Å². The summed E-state index contributed by atoms with van der Waals surface area (Å²) in [6.07, 6.45) is 2.20. The Morgan fingerprint density at radius 3 is 2.70 bits per heavy atom. The highest BCUT2D eigenvalue weighted by atomic mass is 32.1. The summed E-state index contributed by atoms with van der Waals surface area (Å²) >= 11 is 1.35. The van der Waals surface area contributed by atoms with E-state index in [9.17, 15) is 9.18 Å². The number of carbonyl (C=O) groups excluding carboxylic acids is 1. The zero-order valence-corrected chi connectivity index (χ0v) is 17.6. The second-order valence-electron chi connectivity index (χ2n) is 7.20. The van der Waals surface area contributed by atoms with E-state index in [1.54, 1.807) is 13.2 Å². The molecule has 0 saturated carbocycles. The fourth-order valence-electron chi connectivity index (χ4n) is 3.48. The molecule has 0 aliphatic carbocycles. The molecule has 8 heteroatoms. The molecular formula is C22H24FN3O3S. The van der Waals surface area contributed by atoms with Gasteiger partial charge in [-0.05, 0) is 36.2 Å². The van der Waals surface area contributed by atoms with Crippen LogP contribution in [0.25, 0.3) is 10.2 Å². The van der Waals surface area contributed by atoms with Gasteiger partial charge in [0.1, 0.15) is 23.2 Å². The van der Waals surface area contributed by atoms with Crippen LogP contribution in [0.1, 0.15) is 18.4 Å². The second-order valence-corrected chi connectivity index (χ2v) is 8.19. The molecule has 1 fully saturated rings. The lowest BCUT2D eigenvalue weighted by molar-refractivity contribution is 0.111. The van der Waals surface area contributed by atoms with Crippen LogP contribution >= 0.6 is 11.3 Å². The van der Waals surface area contributed by atoms with Gasteiger partial charge >= 0.3 is 6.03 Å². The van der Waals surface area contributed by atoms with Crippen LogP contribution in [0.4, 0.5) is 9.18 Å². The fraction of sp³-hybridized carbons (Fsp3) is 0.364. The number of thiazole rings is 1. The van der Waals surface area contributed by atoms with Crippen LogP contribution in [-0.4, -0.2) is 48.8 Å². The Kier molecular flexibility index (Phi) is 6.32. The lowest BCUT2D eigenvalue weighted by Crippen LogP contribution is -2.46. The molecule has 0 spiro atoms. The van der Waals surface area contributed by atoms with Gasteiger partial charge in [-0.2, -0.15) is 4.98 Å². The molecule has 0 unspecified atom stereocenters. The molecule has 1 aromatic heterocycles. The third-order valence-electron chi connectivity index (χ3n) is 5.20. The molecule has 4 rings (SSSR count). The number of benzene rings is 2. The summed E-state index contributed by atoms with van der Waals surface area (Å²) in [4.78, 5) is 18.5. The number of fused-ring (bicyclic) bond motifs is 1. The van der Waals surface area contributed by atoms with Gasteiger partial charge in [0.05, 0.1) is 11.8 Å². The summed E-state index contributed by atoms with van der Waals surface area (Å²) in [6, 6.07) is 12.7. The van der Waals surface area contributed by atoms with E-state index in [1.807, 2.05) is 35.2 Å². The fourth-order valence-corrected chi connectivity index (χ4v) is 4.38. The summed E-state index contributed by atoms with van der Waals surface area (Å²) < 4.78 is 25.7. The number of halogens is 1. The Morgan fingerprint density at radius 1 is 1.23 bits per heavy atom. The topological polar surface area (TPSA) is 63.7 Å². The van der Waals surface area contributed by atoms with Crippen molar-refractivity contribution in [2.24, 2.45) is 0 Å². The van der Waals surface area contributed by atoms with Crippen LogP contribution in [0.3, 0.4) is 0 Å². The number of ether oxygens (including phenoxy) is 2. The highest BCUT2D eigenvalue weighted by Crippen LogP contribution is 2.31. The van der Waals surface area contributed by atoms with E-state index >= 15 is 0 Å². The monoisotopic (exact) mass is 429 g/mol. The minimum absolute atomic E-state index is 0.0167. The number of hydrogen-bond donors (Lipinski definition) is 1. The van der Waals surface area contributed by atoms with Gasteiger partial charge in [0, 0.05) is 32.5 Å². The Bertz CT molecular complexity index is 1000. The Balaban J connectivity index is 1.21. The maximum Gasteiger partial charge on any atom is 0.317 e. The van der Waals surface area contributed by atoms with Crippen LogP contribution in [0.15, 0.2) is 42.5 Å². The lowest BCUT2D eigenvalue weighted by atomic mass is 10.1. The molecule has 30 heavy (non-hydrogen) atoms. The van der Waals surface area contributed by atoms with Crippen molar-refractivity contribution in [2.45, 2.75) is 25.4 Å². The molecule has 0 bridgehead atoms. The molecule has 1 saturated heterocycles. The average molecular weight is 430 g/mol. The number of amides is 2. The number of nitrogens with zero attached hydrogens (tertiary/aromatic N) is 2. The summed E-state index contributed by atoms with van der Waals surface area (Å²) in [5, 5.41) is 3.46. The number of piperidine rings is 1. The molecule has 2 heterocycles.